The highest BCUT2D eigenvalue weighted by atomic mass is 19.1. The number of anilines is 1. The predicted molar refractivity (Wildman–Crippen MR) is 61.0 cm³/mol. The number of nitrogen functional groups attached to an aromatic ring is 1. The van der Waals surface area contributed by atoms with Crippen molar-refractivity contribution in [2.75, 3.05) is 5.73 Å². The van der Waals surface area contributed by atoms with E-state index in [1.807, 2.05) is 0 Å². The molecule has 0 radical (unpaired) electrons. The van der Waals surface area contributed by atoms with Crippen LogP contribution in [0.3, 0.4) is 0 Å². The van der Waals surface area contributed by atoms with Crippen LogP contribution >= 0.6 is 0 Å². The lowest BCUT2D eigenvalue weighted by Gasteiger charge is -2.08. The molecule has 0 saturated carbocycles. The van der Waals surface area contributed by atoms with Crippen molar-refractivity contribution >= 4 is 11.8 Å². The molecule has 5 heteroatoms. The molecule has 0 saturated heterocycles. The molecule has 0 atom stereocenters. The molecule has 1 heterocycles. The van der Waals surface area contributed by atoms with Crippen LogP contribution in [0.4, 0.5) is 10.2 Å². The molecule has 86 valence electrons. The maximum absolute atomic E-state index is 13.6. The average Bonchev–Trinajstić information content (AvgIpc) is 2.33. The van der Waals surface area contributed by atoms with Crippen LogP contribution in [0, 0.1) is 5.82 Å². The summed E-state index contributed by atoms with van der Waals surface area (Å²) in [4.78, 5) is 14.7. The fourth-order valence-electron chi connectivity index (χ4n) is 1.55. The summed E-state index contributed by atoms with van der Waals surface area (Å²) in [5.74, 6) is -2.78. The van der Waals surface area contributed by atoms with E-state index in [1.54, 1.807) is 30.3 Å². The Hall–Kier alpha value is -2.43. The molecule has 0 spiro atoms. The van der Waals surface area contributed by atoms with E-state index in [2.05, 4.69) is 4.98 Å². The SMILES string of the molecule is Nc1ncc(-c2ccccc2)c(C(=O)O)c1F. The lowest BCUT2D eigenvalue weighted by molar-refractivity contribution is 0.0693. The Bertz CT molecular complexity index is 570. The van der Waals surface area contributed by atoms with Crippen LogP contribution in [-0.4, -0.2) is 16.1 Å². The molecule has 0 aliphatic heterocycles. The summed E-state index contributed by atoms with van der Waals surface area (Å²) in [6, 6.07) is 8.60. The third kappa shape index (κ3) is 1.94. The van der Waals surface area contributed by atoms with Crippen molar-refractivity contribution in [3.05, 3.63) is 47.9 Å². The maximum atomic E-state index is 13.6. The molecule has 2 rings (SSSR count). The number of halogens is 1. The van der Waals surface area contributed by atoms with Gasteiger partial charge in [0, 0.05) is 11.8 Å². The first-order valence-corrected chi connectivity index (χ1v) is 4.84. The number of nitrogens with two attached hydrogens (primary N) is 1. The number of pyridine rings is 1. The van der Waals surface area contributed by atoms with Gasteiger partial charge in [-0.05, 0) is 5.56 Å². The van der Waals surface area contributed by atoms with Gasteiger partial charge in [0.1, 0.15) is 5.56 Å². The summed E-state index contributed by atoms with van der Waals surface area (Å²) in [6.07, 6.45) is 1.26. The van der Waals surface area contributed by atoms with E-state index in [1.165, 1.54) is 6.20 Å². The lowest BCUT2D eigenvalue weighted by atomic mass is 10.0. The zero-order chi connectivity index (χ0) is 12.4. The van der Waals surface area contributed by atoms with Gasteiger partial charge in [-0.25, -0.2) is 14.2 Å². The van der Waals surface area contributed by atoms with Crippen molar-refractivity contribution < 1.29 is 14.3 Å². The second-order valence-corrected chi connectivity index (χ2v) is 3.42. The number of benzene rings is 1. The Balaban J connectivity index is 2.71. The molecule has 4 nitrogen and oxygen atoms in total. The van der Waals surface area contributed by atoms with Crippen molar-refractivity contribution in [1.82, 2.24) is 4.98 Å². The first-order chi connectivity index (χ1) is 8.11. The molecule has 0 fully saturated rings. The minimum atomic E-state index is -1.37. The van der Waals surface area contributed by atoms with Gasteiger partial charge in [0.25, 0.3) is 0 Å². The van der Waals surface area contributed by atoms with Crippen LogP contribution in [0.25, 0.3) is 11.1 Å². The van der Waals surface area contributed by atoms with Gasteiger partial charge in [-0.15, -0.1) is 0 Å². The van der Waals surface area contributed by atoms with Crippen molar-refractivity contribution in [2.45, 2.75) is 0 Å². The highest BCUT2D eigenvalue weighted by Gasteiger charge is 2.20. The second kappa shape index (κ2) is 4.21. The summed E-state index contributed by atoms with van der Waals surface area (Å²) in [5.41, 5.74) is 5.59. The zero-order valence-electron chi connectivity index (χ0n) is 8.72. The van der Waals surface area contributed by atoms with Gasteiger partial charge >= 0.3 is 5.97 Å². The van der Waals surface area contributed by atoms with Gasteiger partial charge in [0.2, 0.25) is 0 Å². The zero-order valence-corrected chi connectivity index (χ0v) is 8.72. The second-order valence-electron chi connectivity index (χ2n) is 3.42. The minimum Gasteiger partial charge on any atom is -0.478 e. The Labute approximate surface area is 96.5 Å². The first-order valence-electron chi connectivity index (χ1n) is 4.84. The number of aromatic nitrogens is 1. The quantitative estimate of drug-likeness (QED) is 0.831. The highest BCUT2D eigenvalue weighted by Crippen LogP contribution is 2.26. The molecule has 1 aromatic heterocycles. The maximum Gasteiger partial charge on any atom is 0.339 e. The third-order valence-corrected chi connectivity index (χ3v) is 2.35. The van der Waals surface area contributed by atoms with Gasteiger partial charge in [-0.2, -0.15) is 0 Å². The largest absolute Gasteiger partial charge is 0.478 e. The number of carbonyl (C=O) groups is 1. The van der Waals surface area contributed by atoms with Crippen molar-refractivity contribution in [2.24, 2.45) is 0 Å². The molecular weight excluding hydrogens is 223 g/mol. The Morgan fingerprint density at radius 3 is 2.53 bits per heavy atom. The molecule has 3 N–H and O–H groups in total. The molecular formula is C12H9FN2O2. The Kier molecular flexibility index (Phi) is 2.74. The number of rotatable bonds is 2. The number of hydrogen-bond donors (Lipinski definition) is 2. The lowest BCUT2D eigenvalue weighted by Crippen LogP contribution is -2.08. The molecule has 0 bridgehead atoms. The third-order valence-electron chi connectivity index (χ3n) is 2.35. The summed E-state index contributed by atoms with van der Waals surface area (Å²) in [5, 5.41) is 9.01. The summed E-state index contributed by atoms with van der Waals surface area (Å²) >= 11 is 0. The van der Waals surface area contributed by atoms with Gasteiger partial charge in [-0.3, -0.25) is 0 Å². The van der Waals surface area contributed by atoms with Crippen molar-refractivity contribution in [3.8, 4) is 11.1 Å². The van der Waals surface area contributed by atoms with Crippen LogP contribution in [0.1, 0.15) is 10.4 Å². The van der Waals surface area contributed by atoms with Gasteiger partial charge in [-0.1, -0.05) is 30.3 Å². The smallest absolute Gasteiger partial charge is 0.339 e. The van der Waals surface area contributed by atoms with Crippen molar-refractivity contribution in [1.29, 1.82) is 0 Å². The Morgan fingerprint density at radius 1 is 1.29 bits per heavy atom. The normalized spacial score (nSPS) is 10.2. The molecule has 0 aliphatic carbocycles. The Morgan fingerprint density at radius 2 is 1.94 bits per heavy atom. The molecule has 2 aromatic rings. The standard InChI is InChI=1S/C12H9FN2O2/c13-10-9(12(16)17)8(6-15-11(10)14)7-4-2-1-3-5-7/h1-6H,(H2,14,15)(H,16,17). The molecule has 17 heavy (non-hydrogen) atoms. The van der Waals surface area contributed by atoms with Crippen LogP contribution in [0.15, 0.2) is 36.5 Å². The van der Waals surface area contributed by atoms with Gasteiger partial charge in [0.05, 0.1) is 0 Å². The topological polar surface area (TPSA) is 76.2 Å². The van der Waals surface area contributed by atoms with Crippen LogP contribution in [-0.2, 0) is 0 Å². The van der Waals surface area contributed by atoms with Crippen molar-refractivity contribution in [3.63, 3.8) is 0 Å². The van der Waals surface area contributed by atoms with E-state index < -0.39 is 23.2 Å². The number of nitrogens with zero attached hydrogens (tertiary/aromatic N) is 1. The number of carboxylic acids is 1. The van der Waals surface area contributed by atoms with E-state index in [0.29, 0.717) is 5.56 Å². The van der Waals surface area contributed by atoms with Crippen LogP contribution < -0.4 is 5.73 Å². The van der Waals surface area contributed by atoms with Crippen LogP contribution in [0.5, 0.6) is 0 Å². The summed E-state index contributed by atoms with van der Waals surface area (Å²) in [7, 11) is 0. The van der Waals surface area contributed by atoms with Gasteiger partial charge in [0.15, 0.2) is 11.6 Å². The fourth-order valence-corrected chi connectivity index (χ4v) is 1.55. The molecule has 0 unspecified atom stereocenters. The van der Waals surface area contributed by atoms with Gasteiger partial charge < -0.3 is 10.8 Å². The van der Waals surface area contributed by atoms with E-state index in [4.69, 9.17) is 10.8 Å². The minimum absolute atomic E-state index is 0.213. The van der Waals surface area contributed by atoms with E-state index >= 15 is 0 Å². The highest BCUT2D eigenvalue weighted by molar-refractivity contribution is 5.96. The predicted octanol–water partition coefficient (Wildman–Crippen LogP) is 2.17. The summed E-state index contributed by atoms with van der Waals surface area (Å²) in [6.45, 7) is 0. The fraction of sp³-hybridized carbons (Fsp3) is 0. The molecule has 0 aliphatic rings. The number of hydrogen-bond acceptors (Lipinski definition) is 3. The monoisotopic (exact) mass is 232 g/mol. The average molecular weight is 232 g/mol. The van der Waals surface area contributed by atoms with E-state index in [0.717, 1.165) is 0 Å². The summed E-state index contributed by atoms with van der Waals surface area (Å²) < 4.78 is 13.6. The molecule has 1 aromatic carbocycles. The molecule has 0 amide bonds. The number of aromatic carboxylic acids is 1. The number of carboxylic acid groups (broad SMARTS) is 1. The first kappa shape index (κ1) is 11.1. The van der Waals surface area contributed by atoms with E-state index in [9.17, 15) is 9.18 Å². The van der Waals surface area contributed by atoms with E-state index in [-0.39, 0.29) is 5.56 Å². The van der Waals surface area contributed by atoms with Crippen LogP contribution in [0.2, 0.25) is 0 Å².